The molecule has 0 aliphatic carbocycles. The molecule has 0 bridgehead atoms. The van der Waals surface area contributed by atoms with E-state index in [2.05, 4.69) is 0 Å². The molecule has 0 radical (unpaired) electrons. The van der Waals surface area contributed by atoms with Crippen LogP contribution in [0.5, 0.6) is 0 Å². The number of benzene rings is 1. The van der Waals surface area contributed by atoms with Gasteiger partial charge in [-0.25, -0.2) is 0 Å². The number of aliphatic hydroxyl groups excluding tert-OH is 2. The molecule has 0 heterocycles. The lowest BCUT2D eigenvalue weighted by Crippen LogP contribution is -2.33. The van der Waals surface area contributed by atoms with E-state index in [0.29, 0.717) is 0 Å². The van der Waals surface area contributed by atoms with Gasteiger partial charge in [-0.2, -0.15) is 5.26 Å². The molecular formula is C10H9N3O5. The minimum atomic E-state index is -1.90. The summed E-state index contributed by atoms with van der Waals surface area (Å²) < 4.78 is 0. The van der Waals surface area contributed by atoms with Crippen molar-refractivity contribution in [2.24, 2.45) is 5.73 Å². The van der Waals surface area contributed by atoms with E-state index in [1.165, 1.54) is 0 Å². The number of nitrogens with zero attached hydrogens (tertiary/aromatic N) is 2. The van der Waals surface area contributed by atoms with Crippen LogP contribution in [0.1, 0.15) is 17.2 Å². The Kier molecular flexibility index (Phi) is 3.93. The van der Waals surface area contributed by atoms with Crippen molar-refractivity contribution in [3.8, 4) is 6.07 Å². The van der Waals surface area contributed by atoms with E-state index in [1.807, 2.05) is 0 Å². The number of nitrogens with two attached hydrogens (primary N) is 1. The predicted octanol–water partition coefficient (Wildman–Crippen LogP) is -0.654. The molecule has 2 unspecified atom stereocenters. The highest BCUT2D eigenvalue weighted by molar-refractivity contribution is 5.79. The Morgan fingerprint density at radius 1 is 1.44 bits per heavy atom. The minimum Gasteiger partial charge on any atom is -0.385 e. The first-order valence-electron chi connectivity index (χ1n) is 4.71. The van der Waals surface area contributed by atoms with Gasteiger partial charge in [0.25, 0.3) is 5.69 Å². The van der Waals surface area contributed by atoms with Gasteiger partial charge in [0.05, 0.1) is 16.6 Å². The highest BCUT2D eigenvalue weighted by Gasteiger charge is 2.25. The van der Waals surface area contributed by atoms with Crippen LogP contribution in [0.15, 0.2) is 18.2 Å². The van der Waals surface area contributed by atoms with Gasteiger partial charge in [0, 0.05) is 12.1 Å². The van der Waals surface area contributed by atoms with Gasteiger partial charge in [-0.3, -0.25) is 14.9 Å². The average Bonchev–Trinajstić information content (AvgIpc) is 2.35. The molecule has 0 saturated carbocycles. The summed E-state index contributed by atoms with van der Waals surface area (Å²) >= 11 is 0. The number of non-ortho nitro benzene ring substituents is 1. The lowest BCUT2D eigenvalue weighted by molar-refractivity contribution is -0.385. The maximum atomic E-state index is 10.7. The topological polar surface area (TPSA) is 150 Å². The number of carbonyl (C=O) groups is 1. The maximum Gasteiger partial charge on any atom is 0.271 e. The Hall–Kier alpha value is -2.50. The Bertz CT molecular complexity index is 537. The molecular weight excluding hydrogens is 242 g/mol. The molecule has 1 aromatic rings. The van der Waals surface area contributed by atoms with Crippen LogP contribution in [0.2, 0.25) is 0 Å². The number of hydrogen-bond acceptors (Lipinski definition) is 6. The van der Waals surface area contributed by atoms with E-state index < -0.39 is 28.7 Å². The molecule has 8 nitrogen and oxygen atoms in total. The second-order valence-corrected chi connectivity index (χ2v) is 3.47. The molecule has 0 spiro atoms. The highest BCUT2D eigenvalue weighted by atomic mass is 16.6. The molecule has 0 aromatic heterocycles. The van der Waals surface area contributed by atoms with Crippen LogP contribution in [0, 0.1) is 21.4 Å². The molecule has 2 atom stereocenters. The standard InChI is InChI=1S/C10H9N3O5/c11-4-5-1-6(3-7(2-5)13(17)18)8(14)9(15)10(12)16/h1-3,8-9,14-15H,(H2,12,16). The van der Waals surface area contributed by atoms with Crippen LogP contribution in [0.3, 0.4) is 0 Å². The molecule has 0 fully saturated rings. The molecule has 1 aromatic carbocycles. The third kappa shape index (κ3) is 2.79. The van der Waals surface area contributed by atoms with Gasteiger partial charge in [-0.15, -0.1) is 0 Å². The fraction of sp³-hybridized carbons (Fsp3) is 0.200. The first-order chi connectivity index (χ1) is 8.36. The van der Waals surface area contributed by atoms with Gasteiger partial charge in [-0.05, 0) is 11.6 Å². The molecule has 8 heteroatoms. The van der Waals surface area contributed by atoms with Gasteiger partial charge >= 0.3 is 0 Å². The second-order valence-electron chi connectivity index (χ2n) is 3.47. The Morgan fingerprint density at radius 2 is 2.06 bits per heavy atom. The number of aliphatic hydroxyl groups is 2. The lowest BCUT2D eigenvalue weighted by atomic mass is 10.0. The first-order valence-corrected chi connectivity index (χ1v) is 4.71. The van der Waals surface area contributed by atoms with Crippen molar-refractivity contribution >= 4 is 11.6 Å². The summed E-state index contributed by atoms with van der Waals surface area (Å²) in [5, 5.41) is 38.2. The largest absolute Gasteiger partial charge is 0.385 e. The van der Waals surface area contributed by atoms with Crippen molar-refractivity contribution in [1.82, 2.24) is 0 Å². The van der Waals surface area contributed by atoms with Gasteiger partial charge in [0.2, 0.25) is 5.91 Å². The number of rotatable bonds is 4. The zero-order valence-electron chi connectivity index (χ0n) is 8.98. The number of amides is 1. The van der Waals surface area contributed by atoms with Crippen LogP contribution in [0.25, 0.3) is 0 Å². The molecule has 0 aliphatic heterocycles. The average molecular weight is 251 g/mol. The quantitative estimate of drug-likeness (QED) is 0.477. The van der Waals surface area contributed by atoms with Crippen LogP contribution in [-0.2, 0) is 4.79 Å². The smallest absolute Gasteiger partial charge is 0.271 e. The lowest BCUT2D eigenvalue weighted by Gasteiger charge is -2.15. The number of carbonyl (C=O) groups excluding carboxylic acids is 1. The summed E-state index contributed by atoms with van der Waals surface area (Å²) in [4.78, 5) is 20.6. The van der Waals surface area contributed by atoms with E-state index in [0.717, 1.165) is 18.2 Å². The monoisotopic (exact) mass is 251 g/mol. The van der Waals surface area contributed by atoms with Gasteiger partial charge in [0.1, 0.15) is 6.10 Å². The Balaban J connectivity index is 3.24. The zero-order chi connectivity index (χ0) is 13.9. The van der Waals surface area contributed by atoms with Crippen molar-refractivity contribution in [2.45, 2.75) is 12.2 Å². The van der Waals surface area contributed by atoms with Crippen molar-refractivity contribution in [2.75, 3.05) is 0 Å². The fourth-order valence-electron chi connectivity index (χ4n) is 1.31. The van der Waals surface area contributed by atoms with Gasteiger partial charge in [-0.1, -0.05) is 0 Å². The third-order valence-electron chi connectivity index (χ3n) is 2.21. The molecule has 1 rings (SSSR count). The van der Waals surface area contributed by atoms with Crippen molar-refractivity contribution < 1.29 is 19.9 Å². The summed E-state index contributed by atoms with van der Waals surface area (Å²) in [6.45, 7) is 0. The second kappa shape index (κ2) is 5.22. The van der Waals surface area contributed by atoms with E-state index >= 15 is 0 Å². The summed E-state index contributed by atoms with van der Waals surface area (Å²) in [5.41, 5.74) is 4.16. The number of nitro benzene ring substituents is 1. The Labute approximate surface area is 101 Å². The van der Waals surface area contributed by atoms with Crippen LogP contribution >= 0.6 is 0 Å². The van der Waals surface area contributed by atoms with E-state index in [1.54, 1.807) is 6.07 Å². The predicted molar refractivity (Wildman–Crippen MR) is 58.0 cm³/mol. The summed E-state index contributed by atoms with van der Waals surface area (Å²) in [6, 6.07) is 4.76. The summed E-state index contributed by atoms with van der Waals surface area (Å²) in [5.74, 6) is -1.17. The first kappa shape index (κ1) is 13.6. The van der Waals surface area contributed by atoms with Gasteiger partial charge < -0.3 is 15.9 Å². The molecule has 0 saturated heterocycles. The number of primary amides is 1. The molecule has 0 aliphatic rings. The number of nitriles is 1. The van der Waals surface area contributed by atoms with Crippen molar-refractivity contribution in [1.29, 1.82) is 5.26 Å². The van der Waals surface area contributed by atoms with E-state index in [4.69, 9.17) is 11.0 Å². The van der Waals surface area contributed by atoms with Crippen molar-refractivity contribution in [3.63, 3.8) is 0 Å². The SMILES string of the molecule is N#Cc1cc(C(O)C(O)C(N)=O)cc([N+](=O)[O-])c1. The fourth-order valence-corrected chi connectivity index (χ4v) is 1.31. The van der Waals surface area contributed by atoms with Crippen LogP contribution in [0.4, 0.5) is 5.69 Å². The zero-order valence-corrected chi connectivity index (χ0v) is 8.98. The molecule has 4 N–H and O–H groups in total. The molecule has 94 valence electrons. The third-order valence-corrected chi connectivity index (χ3v) is 2.21. The van der Waals surface area contributed by atoms with Crippen LogP contribution in [-0.4, -0.2) is 27.1 Å². The van der Waals surface area contributed by atoms with E-state index in [-0.39, 0.29) is 11.1 Å². The van der Waals surface area contributed by atoms with Crippen LogP contribution < -0.4 is 5.73 Å². The summed E-state index contributed by atoms with van der Waals surface area (Å²) in [7, 11) is 0. The normalized spacial score (nSPS) is 13.4. The maximum absolute atomic E-state index is 10.7. The molecule has 18 heavy (non-hydrogen) atoms. The molecule has 1 amide bonds. The van der Waals surface area contributed by atoms with Crippen molar-refractivity contribution in [3.05, 3.63) is 39.4 Å². The number of hydrogen-bond donors (Lipinski definition) is 3. The number of nitro groups is 1. The Morgan fingerprint density at radius 3 is 2.50 bits per heavy atom. The van der Waals surface area contributed by atoms with Gasteiger partial charge in [0.15, 0.2) is 6.10 Å². The highest BCUT2D eigenvalue weighted by Crippen LogP contribution is 2.23. The van der Waals surface area contributed by atoms with E-state index in [9.17, 15) is 25.1 Å². The minimum absolute atomic E-state index is 0.0741. The summed E-state index contributed by atoms with van der Waals surface area (Å²) in [6.07, 6.45) is -3.63.